The molecular formula is C15H13ClN8O5S3. The zero-order valence-corrected chi connectivity index (χ0v) is 18.9. The number of nitrogen functional groups attached to an aromatic ring is 1. The van der Waals surface area contributed by atoms with E-state index < -0.39 is 35.2 Å². The van der Waals surface area contributed by atoms with Crippen molar-refractivity contribution in [3.8, 4) is 0 Å². The molecule has 0 saturated carbocycles. The lowest BCUT2D eigenvalue weighted by atomic mass is 10.0. The third-order valence-electron chi connectivity index (χ3n) is 4.53. The van der Waals surface area contributed by atoms with E-state index in [0.29, 0.717) is 22.1 Å². The van der Waals surface area contributed by atoms with Gasteiger partial charge in [-0.2, -0.15) is 15.4 Å². The van der Waals surface area contributed by atoms with Crippen molar-refractivity contribution >= 4 is 69.4 Å². The molecule has 3 atom stereocenters. The fourth-order valence-electron chi connectivity index (χ4n) is 3.11. The number of amides is 2. The van der Waals surface area contributed by atoms with E-state index in [9.17, 15) is 24.4 Å². The SMILES string of the molecule is Nc1nc(C(N=O)C(=O)N[C@@H]2C(=O)N3C(C(=O)O)=C(SCc4cn[nH]n4)CS[C@@H]23)c(Cl)s1. The quantitative estimate of drug-likeness (QED) is 0.287. The first-order valence-corrected chi connectivity index (χ1v) is 12.0. The molecule has 0 aromatic carbocycles. The normalized spacial score (nSPS) is 21.0. The van der Waals surface area contributed by atoms with Gasteiger partial charge in [0.15, 0.2) is 5.13 Å². The topological polar surface area (TPSA) is 197 Å². The molecule has 4 heterocycles. The molecule has 0 radical (unpaired) electrons. The number of hydrogen-bond acceptors (Lipinski definition) is 12. The number of thioether (sulfide) groups is 2. The Balaban J connectivity index is 1.48. The first-order valence-electron chi connectivity index (χ1n) is 8.75. The Kier molecular flexibility index (Phi) is 6.36. The molecule has 1 saturated heterocycles. The number of nitrogens with one attached hydrogen (secondary N) is 2. The highest BCUT2D eigenvalue weighted by Crippen LogP contribution is 2.44. The minimum Gasteiger partial charge on any atom is -0.477 e. The number of aromatic nitrogens is 4. The minimum absolute atomic E-state index is 0.0423. The van der Waals surface area contributed by atoms with Crippen molar-refractivity contribution in [3.05, 3.63) is 37.4 Å². The molecule has 2 aromatic heterocycles. The Morgan fingerprint density at radius 2 is 2.31 bits per heavy atom. The average Bonchev–Trinajstić information content (AvgIpc) is 3.39. The van der Waals surface area contributed by atoms with Crippen LogP contribution >= 0.6 is 46.5 Å². The van der Waals surface area contributed by atoms with Crippen LogP contribution in [0.5, 0.6) is 0 Å². The molecule has 32 heavy (non-hydrogen) atoms. The number of H-pyrrole nitrogens is 1. The van der Waals surface area contributed by atoms with Gasteiger partial charge in [0, 0.05) is 16.4 Å². The molecule has 1 fully saturated rings. The highest BCUT2D eigenvalue weighted by Gasteiger charge is 2.54. The highest BCUT2D eigenvalue weighted by molar-refractivity contribution is 8.05. The van der Waals surface area contributed by atoms with E-state index in [4.69, 9.17) is 17.3 Å². The molecular weight excluding hydrogens is 504 g/mol. The summed E-state index contributed by atoms with van der Waals surface area (Å²) in [5.41, 5.74) is 5.94. The standard InChI is InChI=1S/C15H13ClN8O5S3/c16-10-6(20-15(17)32-10)7(22-29)11(25)19-8-12(26)24-9(14(27)28)5(3-31-13(8)24)30-2-4-1-18-23-21-4/h1,7-8,13H,2-3H2,(H2,17,20)(H,19,25)(H,27,28)(H,18,21,23)/t7?,8-,13+/m1/s1. The lowest BCUT2D eigenvalue weighted by molar-refractivity contribution is -0.150. The molecule has 1 unspecified atom stereocenters. The summed E-state index contributed by atoms with van der Waals surface area (Å²) in [5, 5.41) is 24.4. The first kappa shape index (κ1) is 22.5. The number of fused-ring (bicyclic) bond motifs is 1. The van der Waals surface area contributed by atoms with Gasteiger partial charge in [-0.15, -0.1) is 28.4 Å². The number of halogens is 1. The molecule has 0 aliphatic carbocycles. The van der Waals surface area contributed by atoms with E-state index in [1.807, 2.05) is 0 Å². The second-order valence-electron chi connectivity index (χ2n) is 6.44. The molecule has 2 aliphatic rings. The fraction of sp³-hybridized carbons (Fsp3) is 0.333. The number of anilines is 1. The predicted molar refractivity (Wildman–Crippen MR) is 117 cm³/mol. The first-order chi connectivity index (χ1) is 15.3. The van der Waals surface area contributed by atoms with E-state index in [1.165, 1.54) is 29.7 Å². The smallest absolute Gasteiger partial charge is 0.353 e. The van der Waals surface area contributed by atoms with Crippen LogP contribution in [0.4, 0.5) is 5.13 Å². The summed E-state index contributed by atoms with van der Waals surface area (Å²) in [6.45, 7) is 0. The maximum Gasteiger partial charge on any atom is 0.353 e. The van der Waals surface area contributed by atoms with Crippen molar-refractivity contribution in [1.29, 1.82) is 0 Å². The van der Waals surface area contributed by atoms with Crippen LogP contribution in [0.1, 0.15) is 17.4 Å². The number of β-lactam (4-membered cyclic amide) rings is 1. The third kappa shape index (κ3) is 4.05. The Labute approximate surface area is 196 Å². The number of carbonyl (C=O) groups is 3. The van der Waals surface area contributed by atoms with E-state index >= 15 is 0 Å². The zero-order valence-electron chi connectivity index (χ0n) is 15.7. The Morgan fingerprint density at radius 3 is 2.91 bits per heavy atom. The number of thiazole rings is 1. The van der Waals surface area contributed by atoms with Crippen LogP contribution in [-0.2, 0) is 20.1 Å². The number of hydrogen-bond donors (Lipinski definition) is 4. The maximum absolute atomic E-state index is 12.7. The summed E-state index contributed by atoms with van der Waals surface area (Å²) in [6.07, 6.45) is 1.52. The number of nitroso groups, excluding NO2 is 1. The average molecular weight is 517 g/mol. The van der Waals surface area contributed by atoms with E-state index in [-0.39, 0.29) is 20.9 Å². The van der Waals surface area contributed by atoms with Gasteiger partial charge >= 0.3 is 5.97 Å². The molecule has 2 aliphatic heterocycles. The van der Waals surface area contributed by atoms with E-state index in [2.05, 4.69) is 30.9 Å². The Hall–Kier alpha value is -2.69. The number of rotatable bonds is 8. The molecule has 17 heteroatoms. The molecule has 2 amide bonds. The number of nitrogens with two attached hydrogens (primary N) is 1. The summed E-state index contributed by atoms with van der Waals surface area (Å²) in [5.74, 6) is -2.05. The largest absolute Gasteiger partial charge is 0.477 e. The fourth-order valence-corrected chi connectivity index (χ4v) is 6.60. The van der Waals surface area contributed by atoms with Crippen LogP contribution in [0, 0.1) is 4.91 Å². The van der Waals surface area contributed by atoms with Gasteiger partial charge in [0.1, 0.15) is 27.1 Å². The molecule has 5 N–H and O–H groups in total. The zero-order chi connectivity index (χ0) is 23.0. The van der Waals surface area contributed by atoms with Crippen LogP contribution in [-0.4, -0.2) is 65.4 Å². The third-order valence-corrected chi connectivity index (χ3v) is 8.23. The van der Waals surface area contributed by atoms with E-state index in [1.54, 1.807) is 0 Å². The summed E-state index contributed by atoms with van der Waals surface area (Å²) in [6, 6.07) is -2.61. The number of aliphatic carboxylic acids is 1. The maximum atomic E-state index is 12.7. The Morgan fingerprint density at radius 1 is 1.53 bits per heavy atom. The molecule has 4 rings (SSSR count). The number of carboxylic acids is 1. The molecule has 0 bridgehead atoms. The lowest BCUT2D eigenvalue weighted by Gasteiger charge is -2.49. The number of aromatic amines is 1. The molecule has 13 nitrogen and oxygen atoms in total. The van der Waals surface area contributed by atoms with Crippen LogP contribution in [0.2, 0.25) is 4.34 Å². The van der Waals surface area contributed by atoms with Gasteiger partial charge < -0.3 is 16.2 Å². The monoisotopic (exact) mass is 516 g/mol. The van der Waals surface area contributed by atoms with E-state index in [0.717, 1.165) is 16.2 Å². The molecule has 2 aromatic rings. The van der Waals surface area contributed by atoms with Gasteiger partial charge in [0.05, 0.1) is 11.9 Å². The van der Waals surface area contributed by atoms with Gasteiger partial charge in [-0.3, -0.25) is 14.5 Å². The summed E-state index contributed by atoms with van der Waals surface area (Å²) in [4.78, 5) is 54.0. The summed E-state index contributed by atoms with van der Waals surface area (Å²) in [7, 11) is 0. The number of carboxylic acid groups (broad SMARTS) is 1. The van der Waals surface area contributed by atoms with Gasteiger partial charge in [0.2, 0.25) is 6.04 Å². The van der Waals surface area contributed by atoms with Crippen molar-refractivity contribution in [2.45, 2.75) is 23.2 Å². The summed E-state index contributed by atoms with van der Waals surface area (Å²) >= 11 is 9.38. The van der Waals surface area contributed by atoms with Crippen LogP contribution in [0.25, 0.3) is 0 Å². The van der Waals surface area contributed by atoms with Crippen LogP contribution < -0.4 is 11.1 Å². The van der Waals surface area contributed by atoms with Gasteiger partial charge in [-0.1, -0.05) is 22.9 Å². The second kappa shape index (κ2) is 9.05. The highest BCUT2D eigenvalue weighted by atomic mass is 35.5. The van der Waals surface area contributed by atoms with Crippen LogP contribution in [0.3, 0.4) is 0 Å². The Bertz CT molecular complexity index is 1120. The van der Waals surface area contributed by atoms with Crippen molar-refractivity contribution in [2.75, 3.05) is 11.5 Å². The van der Waals surface area contributed by atoms with Crippen molar-refractivity contribution in [3.63, 3.8) is 0 Å². The second-order valence-corrected chi connectivity index (χ2v) is 10.2. The predicted octanol–water partition coefficient (Wildman–Crippen LogP) is 0.934. The van der Waals surface area contributed by atoms with Crippen LogP contribution in [0.15, 0.2) is 22.0 Å². The molecule has 168 valence electrons. The number of carbonyl (C=O) groups excluding carboxylic acids is 2. The lowest BCUT2D eigenvalue weighted by Crippen LogP contribution is -2.70. The summed E-state index contributed by atoms with van der Waals surface area (Å²) < 4.78 is 0.0423. The van der Waals surface area contributed by atoms with Crippen molar-refractivity contribution < 1.29 is 19.5 Å². The van der Waals surface area contributed by atoms with Gasteiger partial charge in [-0.25, -0.2) is 9.78 Å². The number of nitrogens with zero attached hydrogens (tertiary/aromatic N) is 5. The van der Waals surface area contributed by atoms with Gasteiger partial charge in [0.25, 0.3) is 11.8 Å². The van der Waals surface area contributed by atoms with Gasteiger partial charge in [-0.05, 0) is 5.18 Å². The van der Waals surface area contributed by atoms with Crippen molar-refractivity contribution in [1.82, 2.24) is 30.6 Å². The minimum atomic E-state index is -1.59. The molecule has 0 spiro atoms. The van der Waals surface area contributed by atoms with Crippen molar-refractivity contribution in [2.24, 2.45) is 5.18 Å².